The summed E-state index contributed by atoms with van der Waals surface area (Å²) in [5.41, 5.74) is 2.36. The van der Waals surface area contributed by atoms with Gasteiger partial charge < -0.3 is 5.32 Å². The second kappa shape index (κ2) is 7.96. The highest BCUT2D eigenvalue weighted by Gasteiger charge is 2.18. The Kier molecular flexibility index (Phi) is 5.96. The van der Waals surface area contributed by atoms with Gasteiger partial charge in [0, 0.05) is 31.0 Å². The molecule has 132 valence electrons. The lowest BCUT2D eigenvalue weighted by atomic mass is 10.00. The third kappa shape index (κ3) is 4.92. The van der Waals surface area contributed by atoms with Gasteiger partial charge in [-0.25, -0.2) is 8.78 Å². The number of carbonyl (C=O) groups is 2. The monoisotopic (exact) mass is 346 g/mol. The molecule has 0 radical (unpaired) electrons. The van der Waals surface area contributed by atoms with E-state index >= 15 is 0 Å². The maximum atomic E-state index is 12.6. The molecule has 0 spiro atoms. The van der Waals surface area contributed by atoms with E-state index in [1.807, 2.05) is 0 Å². The van der Waals surface area contributed by atoms with Crippen LogP contribution in [0.2, 0.25) is 0 Å². The first-order valence-corrected chi connectivity index (χ1v) is 7.97. The fraction of sp³-hybridized carbons (Fsp3) is 0.316. The molecule has 0 aliphatic carbocycles. The summed E-state index contributed by atoms with van der Waals surface area (Å²) in [6.45, 7) is 4.85. The molecule has 2 rings (SSSR count). The van der Waals surface area contributed by atoms with Crippen molar-refractivity contribution in [2.75, 3.05) is 5.32 Å². The Labute approximate surface area is 145 Å². The maximum Gasteiger partial charge on any atom is 0.242 e. The number of nitrogens with zero attached hydrogens (tertiary/aromatic N) is 1. The number of hydrogen-bond acceptors (Lipinski definition) is 3. The lowest BCUT2D eigenvalue weighted by molar-refractivity contribution is -0.114. The maximum absolute atomic E-state index is 12.6. The van der Waals surface area contributed by atoms with Crippen molar-refractivity contribution < 1.29 is 18.4 Å². The average molecular weight is 346 g/mol. The topological polar surface area (TPSA) is 59.1 Å². The first kappa shape index (κ1) is 18.7. The molecule has 2 aromatic rings. The predicted octanol–water partition coefficient (Wildman–Crippen LogP) is 4.35. The predicted molar refractivity (Wildman–Crippen MR) is 92.9 cm³/mol. The number of nitrogens with one attached hydrogen (secondary N) is 1. The Hall–Kier alpha value is -2.63. The van der Waals surface area contributed by atoms with Crippen molar-refractivity contribution in [1.82, 2.24) is 4.98 Å². The third-order valence-electron chi connectivity index (χ3n) is 3.61. The van der Waals surface area contributed by atoms with Crippen LogP contribution in [0.5, 0.6) is 0 Å². The number of anilines is 1. The van der Waals surface area contributed by atoms with Gasteiger partial charge in [-0.2, -0.15) is 0 Å². The highest BCUT2D eigenvalue weighted by molar-refractivity contribution is 6.04. The number of carbonyl (C=O) groups excluding carboxylic acids is 2. The van der Waals surface area contributed by atoms with Crippen molar-refractivity contribution in [2.45, 2.75) is 33.6 Å². The molecule has 1 amide bonds. The SMILES string of the molecule is CC(=O)Nc1cc(-c2cccc(CC(F)F)c2)cnc1C(=O)C(C)C. The lowest BCUT2D eigenvalue weighted by Gasteiger charge is -2.13. The van der Waals surface area contributed by atoms with Gasteiger partial charge in [0.2, 0.25) is 12.3 Å². The second-order valence-electron chi connectivity index (χ2n) is 6.12. The molecule has 0 aliphatic rings. The molecule has 0 saturated carbocycles. The quantitative estimate of drug-likeness (QED) is 0.791. The molecule has 0 unspecified atom stereocenters. The summed E-state index contributed by atoms with van der Waals surface area (Å²) < 4.78 is 25.2. The first-order chi connectivity index (χ1) is 11.8. The number of benzene rings is 1. The zero-order chi connectivity index (χ0) is 18.6. The summed E-state index contributed by atoms with van der Waals surface area (Å²) >= 11 is 0. The van der Waals surface area contributed by atoms with Crippen LogP contribution in [0, 0.1) is 5.92 Å². The zero-order valence-corrected chi connectivity index (χ0v) is 14.3. The largest absolute Gasteiger partial charge is 0.324 e. The van der Waals surface area contributed by atoms with Crippen molar-refractivity contribution in [2.24, 2.45) is 5.92 Å². The Bertz CT molecular complexity index is 789. The minimum absolute atomic E-state index is 0.179. The number of pyridine rings is 1. The van der Waals surface area contributed by atoms with Gasteiger partial charge in [-0.3, -0.25) is 14.6 Å². The molecule has 25 heavy (non-hydrogen) atoms. The Morgan fingerprint density at radius 2 is 1.88 bits per heavy atom. The van der Waals surface area contributed by atoms with Crippen molar-refractivity contribution in [3.63, 3.8) is 0 Å². The summed E-state index contributed by atoms with van der Waals surface area (Å²) in [4.78, 5) is 27.9. The van der Waals surface area contributed by atoms with Crippen molar-refractivity contribution in [1.29, 1.82) is 0 Å². The molecule has 1 heterocycles. The van der Waals surface area contributed by atoms with Crippen LogP contribution in [0.25, 0.3) is 11.1 Å². The second-order valence-corrected chi connectivity index (χ2v) is 6.12. The minimum Gasteiger partial charge on any atom is -0.324 e. The van der Waals surface area contributed by atoms with E-state index in [-0.39, 0.29) is 29.7 Å². The van der Waals surface area contributed by atoms with E-state index in [0.717, 1.165) is 0 Å². The van der Waals surface area contributed by atoms with E-state index in [9.17, 15) is 18.4 Å². The van der Waals surface area contributed by atoms with Crippen LogP contribution in [0.15, 0.2) is 36.5 Å². The summed E-state index contributed by atoms with van der Waals surface area (Å²) in [6, 6.07) is 8.40. The summed E-state index contributed by atoms with van der Waals surface area (Å²) in [5.74, 6) is -0.759. The fourth-order valence-electron chi connectivity index (χ4n) is 2.43. The van der Waals surface area contributed by atoms with Crippen molar-refractivity contribution >= 4 is 17.4 Å². The molecule has 1 aromatic carbocycles. The van der Waals surface area contributed by atoms with Gasteiger partial charge in [-0.05, 0) is 17.2 Å². The van der Waals surface area contributed by atoms with E-state index in [0.29, 0.717) is 22.4 Å². The standard InChI is InChI=1S/C19H20F2N2O2/c1-11(2)19(25)18-16(23-12(3)24)9-15(10-22-18)14-6-4-5-13(7-14)8-17(20)21/h4-7,9-11,17H,8H2,1-3H3,(H,23,24). The number of hydrogen-bond donors (Lipinski definition) is 1. The zero-order valence-electron chi connectivity index (χ0n) is 14.3. The smallest absolute Gasteiger partial charge is 0.242 e. The molecule has 1 N–H and O–H groups in total. The summed E-state index contributed by atoms with van der Waals surface area (Å²) in [6.07, 6.45) is -1.24. The van der Waals surface area contributed by atoms with Gasteiger partial charge in [-0.1, -0.05) is 38.1 Å². The number of rotatable bonds is 6. The van der Waals surface area contributed by atoms with Crippen LogP contribution in [-0.2, 0) is 11.2 Å². The number of aromatic nitrogens is 1. The molecule has 4 nitrogen and oxygen atoms in total. The third-order valence-corrected chi connectivity index (χ3v) is 3.61. The van der Waals surface area contributed by atoms with E-state index in [1.165, 1.54) is 13.1 Å². The number of alkyl halides is 2. The van der Waals surface area contributed by atoms with Crippen molar-refractivity contribution in [3.8, 4) is 11.1 Å². The van der Waals surface area contributed by atoms with E-state index in [2.05, 4.69) is 10.3 Å². The highest BCUT2D eigenvalue weighted by atomic mass is 19.3. The van der Waals surface area contributed by atoms with Gasteiger partial charge in [0.05, 0.1) is 5.69 Å². The molecular weight excluding hydrogens is 326 g/mol. The van der Waals surface area contributed by atoms with E-state index < -0.39 is 6.43 Å². The number of amides is 1. The minimum atomic E-state index is -2.42. The highest BCUT2D eigenvalue weighted by Crippen LogP contribution is 2.26. The van der Waals surface area contributed by atoms with Crippen LogP contribution in [0.3, 0.4) is 0 Å². The molecule has 0 bridgehead atoms. The molecule has 0 atom stereocenters. The molecule has 0 saturated heterocycles. The first-order valence-electron chi connectivity index (χ1n) is 7.97. The molecule has 1 aromatic heterocycles. The van der Waals surface area contributed by atoms with E-state index in [1.54, 1.807) is 44.2 Å². The summed E-state index contributed by atoms with van der Waals surface area (Å²) in [7, 11) is 0. The van der Waals surface area contributed by atoms with E-state index in [4.69, 9.17) is 0 Å². The van der Waals surface area contributed by atoms with Gasteiger partial charge in [0.25, 0.3) is 0 Å². The number of halogens is 2. The Balaban J connectivity index is 2.46. The fourth-order valence-corrected chi connectivity index (χ4v) is 2.43. The Morgan fingerprint density at radius 1 is 1.16 bits per heavy atom. The van der Waals surface area contributed by atoms with Gasteiger partial charge >= 0.3 is 0 Å². The summed E-state index contributed by atoms with van der Waals surface area (Å²) in [5, 5.41) is 2.62. The molecule has 0 aliphatic heterocycles. The number of ketones is 1. The van der Waals surface area contributed by atoms with Crippen LogP contribution in [-0.4, -0.2) is 23.1 Å². The normalized spacial score (nSPS) is 11.0. The molecular formula is C19H20F2N2O2. The van der Waals surface area contributed by atoms with Crippen molar-refractivity contribution in [3.05, 3.63) is 47.8 Å². The molecule has 0 fully saturated rings. The lowest BCUT2D eigenvalue weighted by Crippen LogP contribution is -2.16. The van der Waals surface area contributed by atoms with Gasteiger partial charge in [0.15, 0.2) is 5.78 Å². The molecule has 6 heteroatoms. The number of Topliss-reactive ketones (excluding diaryl/α,β-unsaturated/α-hetero) is 1. The average Bonchev–Trinajstić information content (AvgIpc) is 2.53. The van der Waals surface area contributed by atoms with Gasteiger partial charge in [-0.15, -0.1) is 0 Å². The van der Waals surface area contributed by atoms with Gasteiger partial charge in [0.1, 0.15) is 5.69 Å². The van der Waals surface area contributed by atoms with Crippen LogP contribution >= 0.6 is 0 Å². The Morgan fingerprint density at radius 3 is 2.48 bits per heavy atom. The van der Waals surface area contributed by atoms with Crippen LogP contribution in [0.1, 0.15) is 36.8 Å². The van der Waals surface area contributed by atoms with Crippen LogP contribution < -0.4 is 5.32 Å². The van der Waals surface area contributed by atoms with Crippen LogP contribution in [0.4, 0.5) is 14.5 Å².